The summed E-state index contributed by atoms with van der Waals surface area (Å²) in [6.07, 6.45) is 3.59. The summed E-state index contributed by atoms with van der Waals surface area (Å²) in [4.78, 5) is 17.7. The van der Waals surface area contributed by atoms with Crippen LogP contribution < -0.4 is 0 Å². The molecule has 1 aliphatic heterocycles. The zero-order valence-electron chi connectivity index (χ0n) is 10.8. The standard InChI is InChI=1S/C14H20N2O/c1-10(2)13-6-4-11(8-15-13)12-5-7-14(17)16(3)9-12/h4,6,8,10,12H,5,7,9H2,1-3H3/t12-/m1/s1. The molecule has 2 heterocycles. The van der Waals surface area contributed by atoms with Crippen molar-refractivity contribution in [2.75, 3.05) is 13.6 Å². The maximum absolute atomic E-state index is 11.4. The van der Waals surface area contributed by atoms with Gasteiger partial charge in [-0.15, -0.1) is 0 Å². The normalized spacial score (nSPS) is 21.1. The van der Waals surface area contributed by atoms with Crippen molar-refractivity contribution < 1.29 is 4.79 Å². The van der Waals surface area contributed by atoms with Gasteiger partial charge >= 0.3 is 0 Å². The molecule has 92 valence electrons. The van der Waals surface area contributed by atoms with Crippen LogP contribution >= 0.6 is 0 Å². The van der Waals surface area contributed by atoms with Crippen molar-refractivity contribution in [3.63, 3.8) is 0 Å². The minimum Gasteiger partial charge on any atom is -0.345 e. The Morgan fingerprint density at radius 1 is 1.41 bits per heavy atom. The number of hydrogen-bond donors (Lipinski definition) is 0. The molecule has 0 N–H and O–H groups in total. The number of likely N-dealkylation sites (N-methyl/N-ethyl adjacent to an activating group) is 1. The Labute approximate surface area is 103 Å². The van der Waals surface area contributed by atoms with E-state index >= 15 is 0 Å². The van der Waals surface area contributed by atoms with Gasteiger partial charge in [0.2, 0.25) is 5.91 Å². The van der Waals surface area contributed by atoms with Crippen LogP contribution in [0.2, 0.25) is 0 Å². The molecule has 0 aromatic carbocycles. The molecule has 3 heteroatoms. The van der Waals surface area contributed by atoms with E-state index in [1.54, 1.807) is 0 Å². The molecule has 1 fully saturated rings. The molecule has 0 aliphatic carbocycles. The molecule has 1 atom stereocenters. The number of likely N-dealkylation sites (tertiary alicyclic amines) is 1. The Balaban J connectivity index is 2.10. The number of pyridine rings is 1. The first-order valence-electron chi connectivity index (χ1n) is 6.27. The summed E-state index contributed by atoms with van der Waals surface area (Å²) < 4.78 is 0. The zero-order valence-corrected chi connectivity index (χ0v) is 10.8. The molecule has 0 bridgehead atoms. The molecule has 0 radical (unpaired) electrons. The summed E-state index contributed by atoms with van der Waals surface area (Å²) in [5, 5.41) is 0. The molecule has 0 spiro atoms. The summed E-state index contributed by atoms with van der Waals surface area (Å²) >= 11 is 0. The van der Waals surface area contributed by atoms with Gasteiger partial charge in [-0.3, -0.25) is 9.78 Å². The Bertz CT molecular complexity index is 397. The lowest BCUT2D eigenvalue weighted by molar-refractivity contribution is -0.132. The van der Waals surface area contributed by atoms with Crippen LogP contribution in [0, 0.1) is 0 Å². The van der Waals surface area contributed by atoms with E-state index in [0.717, 1.165) is 18.7 Å². The third-order valence-electron chi connectivity index (χ3n) is 3.50. The maximum atomic E-state index is 11.4. The molecule has 1 amide bonds. The molecule has 3 nitrogen and oxygen atoms in total. The Morgan fingerprint density at radius 3 is 2.71 bits per heavy atom. The Hall–Kier alpha value is -1.38. The lowest BCUT2D eigenvalue weighted by Crippen LogP contribution is -2.35. The molecule has 17 heavy (non-hydrogen) atoms. The van der Waals surface area contributed by atoms with Crippen molar-refractivity contribution in [1.29, 1.82) is 0 Å². The van der Waals surface area contributed by atoms with Gasteiger partial charge in [-0.1, -0.05) is 19.9 Å². The van der Waals surface area contributed by atoms with E-state index in [0.29, 0.717) is 18.3 Å². The predicted molar refractivity (Wildman–Crippen MR) is 67.9 cm³/mol. The largest absolute Gasteiger partial charge is 0.345 e. The molecular weight excluding hydrogens is 212 g/mol. The Kier molecular flexibility index (Phi) is 3.46. The van der Waals surface area contributed by atoms with Gasteiger partial charge in [0.15, 0.2) is 0 Å². The molecule has 1 saturated heterocycles. The molecule has 1 aromatic heterocycles. The topological polar surface area (TPSA) is 33.2 Å². The average Bonchev–Trinajstić information content (AvgIpc) is 2.33. The van der Waals surface area contributed by atoms with Crippen LogP contribution in [-0.4, -0.2) is 29.4 Å². The fourth-order valence-corrected chi connectivity index (χ4v) is 2.28. The highest BCUT2D eigenvalue weighted by Crippen LogP contribution is 2.26. The van der Waals surface area contributed by atoms with Gasteiger partial charge in [0.1, 0.15) is 0 Å². The summed E-state index contributed by atoms with van der Waals surface area (Å²) in [7, 11) is 1.88. The van der Waals surface area contributed by atoms with Crippen molar-refractivity contribution in [3.8, 4) is 0 Å². The number of carbonyl (C=O) groups is 1. The van der Waals surface area contributed by atoms with E-state index in [9.17, 15) is 4.79 Å². The van der Waals surface area contributed by atoms with E-state index in [-0.39, 0.29) is 5.91 Å². The number of nitrogens with zero attached hydrogens (tertiary/aromatic N) is 2. The van der Waals surface area contributed by atoms with Crippen molar-refractivity contribution >= 4 is 5.91 Å². The smallest absolute Gasteiger partial charge is 0.222 e. The van der Waals surface area contributed by atoms with Crippen LogP contribution in [0.15, 0.2) is 18.3 Å². The third-order valence-corrected chi connectivity index (χ3v) is 3.50. The van der Waals surface area contributed by atoms with Crippen LogP contribution in [0.3, 0.4) is 0 Å². The van der Waals surface area contributed by atoms with Crippen LogP contribution in [-0.2, 0) is 4.79 Å². The summed E-state index contributed by atoms with van der Waals surface area (Å²) in [6, 6.07) is 4.27. The second-order valence-corrected chi connectivity index (χ2v) is 5.18. The van der Waals surface area contributed by atoms with Crippen molar-refractivity contribution in [3.05, 3.63) is 29.6 Å². The van der Waals surface area contributed by atoms with Gasteiger partial charge in [-0.25, -0.2) is 0 Å². The van der Waals surface area contributed by atoms with E-state index in [1.165, 1.54) is 5.56 Å². The van der Waals surface area contributed by atoms with Gasteiger partial charge in [-0.2, -0.15) is 0 Å². The van der Waals surface area contributed by atoms with Gasteiger partial charge in [0.05, 0.1) is 0 Å². The number of amides is 1. The van der Waals surface area contributed by atoms with Gasteiger partial charge in [0.25, 0.3) is 0 Å². The fraction of sp³-hybridized carbons (Fsp3) is 0.571. The summed E-state index contributed by atoms with van der Waals surface area (Å²) in [5.74, 6) is 1.18. The van der Waals surface area contributed by atoms with E-state index in [4.69, 9.17) is 0 Å². The van der Waals surface area contributed by atoms with Crippen LogP contribution in [0.1, 0.15) is 49.8 Å². The quantitative estimate of drug-likeness (QED) is 0.785. The summed E-state index contributed by atoms with van der Waals surface area (Å²) in [5.41, 5.74) is 2.39. The SMILES string of the molecule is CC(C)c1ccc([C@@H]2CCC(=O)N(C)C2)cn1. The highest BCUT2D eigenvalue weighted by atomic mass is 16.2. The fourth-order valence-electron chi connectivity index (χ4n) is 2.28. The minimum atomic E-state index is 0.257. The molecule has 1 aliphatic rings. The van der Waals surface area contributed by atoms with Crippen LogP contribution in [0.25, 0.3) is 0 Å². The Morgan fingerprint density at radius 2 is 2.18 bits per heavy atom. The van der Waals surface area contributed by atoms with Crippen molar-refractivity contribution in [2.24, 2.45) is 0 Å². The van der Waals surface area contributed by atoms with E-state index in [1.807, 2.05) is 18.1 Å². The predicted octanol–water partition coefficient (Wildman–Crippen LogP) is 2.54. The minimum absolute atomic E-state index is 0.257. The summed E-state index contributed by atoms with van der Waals surface area (Å²) in [6.45, 7) is 5.12. The highest BCUT2D eigenvalue weighted by Gasteiger charge is 2.24. The lowest BCUT2D eigenvalue weighted by atomic mass is 9.91. The second-order valence-electron chi connectivity index (χ2n) is 5.18. The van der Waals surface area contributed by atoms with Crippen LogP contribution in [0.4, 0.5) is 0 Å². The molecule has 0 saturated carbocycles. The lowest BCUT2D eigenvalue weighted by Gasteiger charge is -2.29. The maximum Gasteiger partial charge on any atom is 0.222 e. The molecule has 2 rings (SSSR count). The van der Waals surface area contributed by atoms with Crippen molar-refractivity contribution in [2.45, 2.75) is 38.5 Å². The first-order chi connectivity index (χ1) is 8.08. The van der Waals surface area contributed by atoms with E-state index < -0.39 is 0 Å². The molecule has 1 aromatic rings. The highest BCUT2D eigenvalue weighted by molar-refractivity contribution is 5.76. The monoisotopic (exact) mass is 232 g/mol. The van der Waals surface area contributed by atoms with Gasteiger partial charge in [0, 0.05) is 37.8 Å². The van der Waals surface area contributed by atoms with Crippen molar-refractivity contribution in [1.82, 2.24) is 9.88 Å². The third kappa shape index (κ3) is 2.65. The average molecular weight is 232 g/mol. The number of aromatic nitrogens is 1. The first-order valence-corrected chi connectivity index (χ1v) is 6.27. The number of hydrogen-bond acceptors (Lipinski definition) is 2. The van der Waals surface area contributed by atoms with Crippen LogP contribution in [0.5, 0.6) is 0 Å². The van der Waals surface area contributed by atoms with E-state index in [2.05, 4.69) is 31.0 Å². The van der Waals surface area contributed by atoms with Gasteiger partial charge < -0.3 is 4.90 Å². The molecular formula is C14H20N2O. The molecule has 0 unspecified atom stereocenters. The number of piperidine rings is 1. The number of carbonyl (C=O) groups excluding carboxylic acids is 1. The van der Waals surface area contributed by atoms with Gasteiger partial charge in [-0.05, 0) is 24.0 Å². The number of rotatable bonds is 2. The first kappa shape index (κ1) is 12.1. The zero-order chi connectivity index (χ0) is 12.4. The second kappa shape index (κ2) is 4.86.